The van der Waals surface area contributed by atoms with Gasteiger partial charge in [0.15, 0.2) is 0 Å². The molecule has 0 aromatic rings. The molecule has 1 amide bonds. The highest BCUT2D eigenvalue weighted by Crippen LogP contribution is 2.14. The molecule has 100 valence electrons. The number of carbonyl (C=O) groups is 2. The molecule has 0 radical (unpaired) electrons. The molecule has 1 unspecified atom stereocenters. The van der Waals surface area contributed by atoms with E-state index in [1.807, 2.05) is 13.8 Å². The van der Waals surface area contributed by atoms with Gasteiger partial charge in [0.05, 0.1) is 6.42 Å². The molecule has 0 aromatic carbocycles. The van der Waals surface area contributed by atoms with Gasteiger partial charge in [-0.1, -0.05) is 13.8 Å². The predicted molar refractivity (Wildman–Crippen MR) is 64.8 cm³/mol. The van der Waals surface area contributed by atoms with Crippen LogP contribution in [0.4, 0.5) is 4.79 Å². The summed E-state index contributed by atoms with van der Waals surface area (Å²) in [5.74, 6) is -0.740. The van der Waals surface area contributed by atoms with E-state index < -0.39 is 17.7 Å². The molecule has 0 aromatic heterocycles. The first-order chi connectivity index (χ1) is 7.61. The zero-order chi connectivity index (χ0) is 13.6. The van der Waals surface area contributed by atoms with Crippen molar-refractivity contribution in [3.63, 3.8) is 0 Å². The summed E-state index contributed by atoms with van der Waals surface area (Å²) in [7, 11) is 0. The Balaban J connectivity index is 4.13. The van der Waals surface area contributed by atoms with Crippen LogP contribution in [0.1, 0.15) is 41.0 Å². The monoisotopic (exact) mass is 245 g/mol. The fraction of sp³-hybridized carbons (Fsp3) is 0.833. The van der Waals surface area contributed by atoms with Crippen LogP contribution >= 0.6 is 0 Å². The number of amides is 1. The smallest absolute Gasteiger partial charge is 0.407 e. The van der Waals surface area contributed by atoms with Crippen LogP contribution in [0.3, 0.4) is 0 Å². The highest BCUT2D eigenvalue weighted by Gasteiger charge is 2.20. The van der Waals surface area contributed by atoms with Crippen LogP contribution in [0.25, 0.3) is 0 Å². The fourth-order valence-corrected chi connectivity index (χ4v) is 1.30. The average molecular weight is 245 g/mol. The number of nitrogens with one attached hydrogen (secondary N) is 1. The number of aliphatic carboxylic acids is 1. The largest absolute Gasteiger partial charge is 0.481 e. The topological polar surface area (TPSA) is 75.6 Å². The average Bonchev–Trinajstić information content (AvgIpc) is 2.08. The van der Waals surface area contributed by atoms with E-state index in [1.54, 1.807) is 20.8 Å². The zero-order valence-electron chi connectivity index (χ0n) is 11.2. The minimum Gasteiger partial charge on any atom is -0.481 e. The van der Waals surface area contributed by atoms with E-state index in [2.05, 4.69) is 5.32 Å². The molecule has 2 N–H and O–H groups in total. The van der Waals surface area contributed by atoms with E-state index in [0.29, 0.717) is 6.54 Å². The van der Waals surface area contributed by atoms with Gasteiger partial charge >= 0.3 is 12.1 Å². The number of rotatable bonds is 5. The van der Waals surface area contributed by atoms with Gasteiger partial charge in [0, 0.05) is 6.54 Å². The summed E-state index contributed by atoms with van der Waals surface area (Å²) in [5.41, 5.74) is -0.537. The molecule has 0 saturated carbocycles. The van der Waals surface area contributed by atoms with Crippen LogP contribution < -0.4 is 5.32 Å². The Hall–Kier alpha value is -1.26. The van der Waals surface area contributed by atoms with Crippen molar-refractivity contribution < 1.29 is 19.4 Å². The second kappa shape index (κ2) is 6.47. The molecule has 0 saturated heterocycles. The summed E-state index contributed by atoms with van der Waals surface area (Å²) < 4.78 is 5.08. The van der Waals surface area contributed by atoms with Crippen LogP contribution in [-0.4, -0.2) is 29.3 Å². The molecule has 0 bridgehead atoms. The SMILES string of the molecule is CC(C)C(CNC(=O)OC(C)(C)C)CC(=O)O. The molecule has 0 spiro atoms. The van der Waals surface area contributed by atoms with Crippen LogP contribution in [0.5, 0.6) is 0 Å². The lowest BCUT2D eigenvalue weighted by Crippen LogP contribution is -2.37. The standard InChI is InChI=1S/C12H23NO4/c1-8(2)9(6-10(14)15)7-13-11(16)17-12(3,4)5/h8-9H,6-7H2,1-5H3,(H,13,16)(H,14,15). The molecule has 1 atom stereocenters. The summed E-state index contributed by atoms with van der Waals surface area (Å²) >= 11 is 0. The first kappa shape index (κ1) is 15.7. The van der Waals surface area contributed by atoms with Gasteiger partial charge in [0.1, 0.15) is 5.60 Å². The molecular formula is C12H23NO4. The van der Waals surface area contributed by atoms with E-state index in [4.69, 9.17) is 9.84 Å². The van der Waals surface area contributed by atoms with Crippen molar-refractivity contribution in [2.45, 2.75) is 46.6 Å². The van der Waals surface area contributed by atoms with Crippen molar-refractivity contribution in [3.8, 4) is 0 Å². The van der Waals surface area contributed by atoms with Crippen LogP contribution in [0.2, 0.25) is 0 Å². The van der Waals surface area contributed by atoms with Gasteiger partial charge in [-0.05, 0) is 32.6 Å². The van der Waals surface area contributed by atoms with Crippen LogP contribution in [0, 0.1) is 11.8 Å². The Labute approximate surface area is 103 Å². The lowest BCUT2D eigenvalue weighted by atomic mass is 9.92. The zero-order valence-corrected chi connectivity index (χ0v) is 11.2. The van der Waals surface area contributed by atoms with E-state index in [-0.39, 0.29) is 18.3 Å². The van der Waals surface area contributed by atoms with Gasteiger partial charge < -0.3 is 15.2 Å². The molecule has 17 heavy (non-hydrogen) atoms. The Morgan fingerprint density at radius 3 is 2.18 bits per heavy atom. The third kappa shape index (κ3) is 8.54. The highest BCUT2D eigenvalue weighted by atomic mass is 16.6. The Morgan fingerprint density at radius 1 is 1.29 bits per heavy atom. The minimum atomic E-state index is -0.852. The first-order valence-electron chi connectivity index (χ1n) is 5.80. The Bertz CT molecular complexity index is 268. The molecular weight excluding hydrogens is 222 g/mol. The fourth-order valence-electron chi connectivity index (χ4n) is 1.30. The van der Waals surface area contributed by atoms with Gasteiger partial charge in [0.2, 0.25) is 0 Å². The van der Waals surface area contributed by atoms with Crippen LogP contribution in [0.15, 0.2) is 0 Å². The normalized spacial score (nSPS) is 13.3. The van der Waals surface area contributed by atoms with Gasteiger partial charge in [0.25, 0.3) is 0 Å². The van der Waals surface area contributed by atoms with E-state index in [1.165, 1.54) is 0 Å². The van der Waals surface area contributed by atoms with Gasteiger partial charge in [-0.2, -0.15) is 0 Å². The van der Waals surface area contributed by atoms with Crippen molar-refractivity contribution in [3.05, 3.63) is 0 Å². The van der Waals surface area contributed by atoms with Crippen LogP contribution in [-0.2, 0) is 9.53 Å². The lowest BCUT2D eigenvalue weighted by Gasteiger charge is -2.23. The molecule has 0 heterocycles. The first-order valence-corrected chi connectivity index (χ1v) is 5.80. The molecule has 0 aliphatic heterocycles. The van der Waals surface area contributed by atoms with Gasteiger partial charge in [-0.25, -0.2) is 4.79 Å². The lowest BCUT2D eigenvalue weighted by molar-refractivity contribution is -0.138. The molecule has 0 rings (SSSR count). The summed E-state index contributed by atoms with van der Waals surface area (Å²) in [6, 6.07) is 0. The molecule has 5 heteroatoms. The summed E-state index contributed by atoms with van der Waals surface area (Å²) in [6.45, 7) is 9.53. The van der Waals surface area contributed by atoms with E-state index in [0.717, 1.165) is 0 Å². The van der Waals surface area contributed by atoms with Crippen molar-refractivity contribution in [2.24, 2.45) is 11.8 Å². The molecule has 0 aliphatic rings. The maximum atomic E-state index is 11.4. The van der Waals surface area contributed by atoms with E-state index in [9.17, 15) is 9.59 Å². The molecule has 0 fully saturated rings. The van der Waals surface area contributed by atoms with E-state index >= 15 is 0 Å². The highest BCUT2D eigenvalue weighted by molar-refractivity contribution is 5.68. The number of hydrogen-bond acceptors (Lipinski definition) is 3. The molecule has 0 aliphatic carbocycles. The number of ether oxygens (including phenoxy) is 1. The number of carboxylic acids is 1. The minimum absolute atomic E-state index is 0.0491. The number of carboxylic acid groups (broad SMARTS) is 1. The Morgan fingerprint density at radius 2 is 1.82 bits per heavy atom. The second-order valence-electron chi connectivity index (χ2n) is 5.48. The summed E-state index contributed by atoms with van der Waals surface area (Å²) in [5, 5.41) is 11.3. The number of carbonyl (C=O) groups excluding carboxylic acids is 1. The maximum absolute atomic E-state index is 11.4. The van der Waals surface area contributed by atoms with Crippen molar-refractivity contribution in [1.29, 1.82) is 0 Å². The van der Waals surface area contributed by atoms with Crippen molar-refractivity contribution >= 4 is 12.1 Å². The van der Waals surface area contributed by atoms with Crippen molar-refractivity contribution in [2.75, 3.05) is 6.54 Å². The molecule has 5 nitrogen and oxygen atoms in total. The summed E-state index contributed by atoms with van der Waals surface area (Å²) in [6.07, 6.45) is -0.457. The van der Waals surface area contributed by atoms with Crippen molar-refractivity contribution in [1.82, 2.24) is 5.32 Å². The third-order valence-corrected chi connectivity index (χ3v) is 2.29. The maximum Gasteiger partial charge on any atom is 0.407 e. The van der Waals surface area contributed by atoms with Gasteiger partial charge in [-0.15, -0.1) is 0 Å². The number of alkyl carbamates (subject to hydrolysis) is 1. The predicted octanol–water partition coefficient (Wildman–Crippen LogP) is 2.26. The Kier molecular flexibility index (Phi) is 5.99. The van der Waals surface area contributed by atoms with Gasteiger partial charge in [-0.3, -0.25) is 4.79 Å². The second-order valence-corrected chi connectivity index (χ2v) is 5.48. The third-order valence-electron chi connectivity index (χ3n) is 2.29. The quantitative estimate of drug-likeness (QED) is 0.779. The number of hydrogen-bond donors (Lipinski definition) is 2. The summed E-state index contributed by atoms with van der Waals surface area (Å²) in [4.78, 5) is 22.0.